The van der Waals surface area contributed by atoms with Crippen LogP contribution in [0.2, 0.25) is 5.15 Å². The van der Waals surface area contributed by atoms with Gasteiger partial charge in [-0.3, -0.25) is 4.79 Å². The Balaban J connectivity index is 2.26. The molecule has 124 valence electrons. The average Bonchev–Trinajstić information content (AvgIpc) is 2.54. The molecule has 0 fully saturated rings. The van der Waals surface area contributed by atoms with Crippen molar-refractivity contribution in [3.63, 3.8) is 0 Å². The number of aromatic nitrogens is 2. The van der Waals surface area contributed by atoms with Gasteiger partial charge in [0, 0.05) is 21.6 Å². The number of nitrogens with one attached hydrogen (secondary N) is 1. The van der Waals surface area contributed by atoms with E-state index in [4.69, 9.17) is 21.1 Å². The highest BCUT2D eigenvalue weighted by atomic mass is 79.9. The zero-order valence-electron chi connectivity index (χ0n) is 13.2. The minimum Gasteiger partial charge on any atom is -0.496 e. The van der Waals surface area contributed by atoms with Crippen molar-refractivity contribution in [2.45, 2.75) is 13.8 Å². The summed E-state index contributed by atoms with van der Waals surface area (Å²) in [6, 6.07) is 5.37. The highest BCUT2D eigenvalue weighted by Crippen LogP contribution is 2.37. The minimum atomic E-state index is -0.300. The molecule has 0 spiro atoms. The number of ether oxygens (including phenoxy) is 2. The van der Waals surface area contributed by atoms with E-state index in [1.807, 2.05) is 26.0 Å². The van der Waals surface area contributed by atoms with Gasteiger partial charge in [0.2, 0.25) is 5.88 Å². The van der Waals surface area contributed by atoms with Crippen LogP contribution in [0.3, 0.4) is 0 Å². The van der Waals surface area contributed by atoms with Crippen molar-refractivity contribution >= 4 is 38.3 Å². The SMILES string of the molecule is COc1ccc(C)c(Oc2nc(Cl)cc3c(Br)c[nH]c(=O)c23)c1C. The van der Waals surface area contributed by atoms with Gasteiger partial charge in [-0.15, -0.1) is 0 Å². The fourth-order valence-electron chi connectivity index (χ4n) is 2.54. The number of rotatable bonds is 3. The lowest BCUT2D eigenvalue weighted by Crippen LogP contribution is -2.08. The summed E-state index contributed by atoms with van der Waals surface area (Å²) in [5.74, 6) is 1.43. The molecule has 5 nitrogen and oxygen atoms in total. The van der Waals surface area contributed by atoms with E-state index in [1.165, 1.54) is 0 Å². The molecule has 7 heteroatoms. The number of aromatic amines is 1. The highest BCUT2D eigenvalue weighted by Gasteiger charge is 2.17. The third-order valence-electron chi connectivity index (χ3n) is 3.74. The molecule has 0 saturated heterocycles. The predicted octanol–water partition coefficient (Wildman–Crippen LogP) is 4.76. The molecule has 0 atom stereocenters. The number of hydrogen-bond acceptors (Lipinski definition) is 4. The van der Waals surface area contributed by atoms with Crippen LogP contribution in [0.1, 0.15) is 11.1 Å². The number of hydrogen-bond donors (Lipinski definition) is 1. The van der Waals surface area contributed by atoms with Crippen LogP contribution in [0.15, 0.2) is 33.7 Å². The topological polar surface area (TPSA) is 64.2 Å². The van der Waals surface area contributed by atoms with Crippen LogP contribution in [0.25, 0.3) is 10.8 Å². The van der Waals surface area contributed by atoms with E-state index in [-0.39, 0.29) is 16.6 Å². The Bertz CT molecular complexity index is 1000. The monoisotopic (exact) mass is 408 g/mol. The van der Waals surface area contributed by atoms with Crippen molar-refractivity contribution in [2.24, 2.45) is 0 Å². The summed E-state index contributed by atoms with van der Waals surface area (Å²) in [5.41, 5.74) is 1.42. The maximum atomic E-state index is 12.3. The van der Waals surface area contributed by atoms with E-state index in [0.29, 0.717) is 26.7 Å². The Morgan fingerprint density at radius 1 is 1.29 bits per heavy atom. The van der Waals surface area contributed by atoms with Gasteiger partial charge in [-0.1, -0.05) is 17.7 Å². The molecule has 0 aliphatic heterocycles. The summed E-state index contributed by atoms with van der Waals surface area (Å²) in [6.07, 6.45) is 1.56. The van der Waals surface area contributed by atoms with Crippen LogP contribution < -0.4 is 15.0 Å². The molecule has 24 heavy (non-hydrogen) atoms. The van der Waals surface area contributed by atoms with Gasteiger partial charge in [0.25, 0.3) is 5.56 Å². The summed E-state index contributed by atoms with van der Waals surface area (Å²) in [5, 5.41) is 1.20. The second-order valence-corrected chi connectivity index (χ2v) is 6.52. The van der Waals surface area contributed by atoms with Crippen molar-refractivity contribution in [1.29, 1.82) is 0 Å². The molecule has 0 amide bonds. The van der Waals surface area contributed by atoms with Crippen molar-refractivity contribution in [1.82, 2.24) is 9.97 Å². The Morgan fingerprint density at radius 3 is 2.75 bits per heavy atom. The van der Waals surface area contributed by atoms with Crippen LogP contribution in [0.4, 0.5) is 0 Å². The van der Waals surface area contributed by atoms with E-state index in [9.17, 15) is 4.79 Å². The van der Waals surface area contributed by atoms with Gasteiger partial charge in [0.15, 0.2) is 0 Å². The first kappa shape index (κ1) is 16.8. The molecule has 3 aromatic rings. The number of pyridine rings is 2. The number of benzene rings is 1. The van der Waals surface area contributed by atoms with Crippen molar-refractivity contribution < 1.29 is 9.47 Å². The number of H-pyrrole nitrogens is 1. The number of nitrogens with zero attached hydrogens (tertiary/aromatic N) is 1. The minimum absolute atomic E-state index is 0.152. The van der Waals surface area contributed by atoms with Crippen molar-refractivity contribution in [3.8, 4) is 17.4 Å². The zero-order valence-corrected chi connectivity index (χ0v) is 15.6. The highest BCUT2D eigenvalue weighted by molar-refractivity contribution is 9.10. The van der Waals surface area contributed by atoms with Crippen LogP contribution in [0.5, 0.6) is 17.4 Å². The van der Waals surface area contributed by atoms with Crippen molar-refractivity contribution in [2.75, 3.05) is 7.11 Å². The lowest BCUT2D eigenvalue weighted by Gasteiger charge is -2.15. The summed E-state index contributed by atoms with van der Waals surface area (Å²) in [4.78, 5) is 19.1. The molecule has 1 N–H and O–H groups in total. The summed E-state index contributed by atoms with van der Waals surface area (Å²) >= 11 is 9.51. The molecule has 0 bridgehead atoms. The molecule has 0 saturated carbocycles. The lowest BCUT2D eigenvalue weighted by molar-refractivity contribution is 0.402. The summed E-state index contributed by atoms with van der Waals surface area (Å²) < 4.78 is 12.0. The smallest absolute Gasteiger partial charge is 0.261 e. The van der Waals surface area contributed by atoms with Crippen LogP contribution in [-0.4, -0.2) is 17.1 Å². The van der Waals surface area contributed by atoms with Gasteiger partial charge < -0.3 is 14.5 Å². The Hall–Kier alpha value is -2.05. The van der Waals surface area contributed by atoms with Gasteiger partial charge in [-0.05, 0) is 47.5 Å². The molecule has 0 aliphatic rings. The van der Waals surface area contributed by atoms with Gasteiger partial charge in [-0.2, -0.15) is 0 Å². The molecule has 0 aliphatic carbocycles. The largest absolute Gasteiger partial charge is 0.496 e. The predicted molar refractivity (Wildman–Crippen MR) is 97.6 cm³/mol. The van der Waals surface area contributed by atoms with Crippen molar-refractivity contribution in [3.05, 3.63) is 55.5 Å². The number of methoxy groups -OCH3 is 1. The van der Waals surface area contributed by atoms with E-state index in [2.05, 4.69) is 25.9 Å². The average molecular weight is 410 g/mol. The number of halogens is 2. The molecule has 1 aromatic carbocycles. The number of aryl methyl sites for hydroxylation is 1. The fraction of sp³-hybridized carbons (Fsp3) is 0.176. The van der Waals surface area contributed by atoms with Gasteiger partial charge >= 0.3 is 0 Å². The Labute approximate surface area is 151 Å². The fourth-order valence-corrected chi connectivity index (χ4v) is 3.15. The number of fused-ring (bicyclic) bond motifs is 1. The molecule has 0 radical (unpaired) electrons. The van der Waals surface area contributed by atoms with Gasteiger partial charge in [0.1, 0.15) is 22.0 Å². The Kier molecular flexibility index (Phi) is 4.51. The van der Waals surface area contributed by atoms with Crippen LogP contribution in [-0.2, 0) is 0 Å². The summed E-state index contributed by atoms with van der Waals surface area (Å²) in [6.45, 7) is 3.79. The molecule has 0 unspecified atom stereocenters. The first-order chi connectivity index (χ1) is 11.4. The third kappa shape index (κ3) is 2.87. The standard InChI is InChI=1S/C17H14BrClN2O3/c1-8-4-5-12(23-3)9(2)15(8)24-17-14-10(6-13(19)21-17)11(18)7-20-16(14)22/h4-7H,1-3H3,(H,20,22). The van der Waals surface area contributed by atoms with E-state index < -0.39 is 0 Å². The Morgan fingerprint density at radius 2 is 2.04 bits per heavy atom. The first-order valence-corrected chi connectivity index (χ1v) is 8.29. The van der Waals surface area contributed by atoms with E-state index in [0.717, 1.165) is 11.1 Å². The molecule has 3 rings (SSSR count). The molecule has 2 heterocycles. The lowest BCUT2D eigenvalue weighted by atomic mass is 10.1. The van der Waals surface area contributed by atoms with Gasteiger partial charge in [-0.25, -0.2) is 4.98 Å². The first-order valence-electron chi connectivity index (χ1n) is 7.12. The molecular weight excluding hydrogens is 396 g/mol. The second-order valence-electron chi connectivity index (χ2n) is 5.28. The van der Waals surface area contributed by atoms with Gasteiger partial charge in [0.05, 0.1) is 7.11 Å². The molecule has 2 aromatic heterocycles. The van der Waals surface area contributed by atoms with E-state index in [1.54, 1.807) is 19.4 Å². The van der Waals surface area contributed by atoms with E-state index >= 15 is 0 Å². The third-order valence-corrected chi connectivity index (χ3v) is 4.59. The zero-order chi connectivity index (χ0) is 17.4. The quantitative estimate of drug-likeness (QED) is 0.634. The molecular formula is C17H14BrClN2O3. The van der Waals surface area contributed by atoms with Crippen LogP contribution in [0, 0.1) is 13.8 Å². The second kappa shape index (κ2) is 6.45. The maximum Gasteiger partial charge on any atom is 0.261 e. The summed E-state index contributed by atoms with van der Waals surface area (Å²) in [7, 11) is 1.59. The maximum absolute atomic E-state index is 12.3. The van der Waals surface area contributed by atoms with Crippen LogP contribution >= 0.6 is 27.5 Å². The normalized spacial score (nSPS) is 10.9.